The first kappa shape index (κ1) is 16.1. The van der Waals surface area contributed by atoms with E-state index in [1.54, 1.807) is 6.07 Å². The summed E-state index contributed by atoms with van der Waals surface area (Å²) < 4.78 is 5.74. The molecule has 0 spiro atoms. The zero-order chi connectivity index (χ0) is 15.2. The number of ether oxygens (including phenoxy) is 1. The van der Waals surface area contributed by atoms with Crippen LogP contribution in [0.5, 0.6) is 5.75 Å². The van der Waals surface area contributed by atoms with Crippen molar-refractivity contribution in [1.29, 1.82) is 0 Å². The van der Waals surface area contributed by atoms with Crippen LogP contribution in [0.1, 0.15) is 26.2 Å². The molecule has 0 aromatic heterocycles. The number of halogens is 1. The van der Waals surface area contributed by atoms with Gasteiger partial charge < -0.3 is 15.8 Å². The van der Waals surface area contributed by atoms with Crippen LogP contribution in [0.15, 0.2) is 24.3 Å². The van der Waals surface area contributed by atoms with E-state index in [9.17, 15) is 4.79 Å². The van der Waals surface area contributed by atoms with Gasteiger partial charge in [0.1, 0.15) is 11.9 Å². The largest absolute Gasteiger partial charge is 0.487 e. The molecule has 0 saturated heterocycles. The number of nitrogens with one attached hydrogen (secondary N) is 1. The second-order valence-corrected chi connectivity index (χ2v) is 6.04. The van der Waals surface area contributed by atoms with Crippen molar-refractivity contribution in [2.45, 2.75) is 32.3 Å². The number of carbonyl (C=O) groups is 1. The number of nitrogens with two attached hydrogens (primary N) is 1. The molecule has 21 heavy (non-hydrogen) atoms. The van der Waals surface area contributed by atoms with Crippen LogP contribution in [-0.2, 0) is 4.79 Å². The summed E-state index contributed by atoms with van der Waals surface area (Å²) in [6, 6.07) is 7.33. The summed E-state index contributed by atoms with van der Waals surface area (Å²) in [5.41, 5.74) is 5.72. The van der Waals surface area contributed by atoms with Crippen molar-refractivity contribution in [1.82, 2.24) is 5.32 Å². The SMILES string of the molecule is CC(CNC(=O)[C@@H]1CCC[C@@H]1CN)Oc1ccccc1Cl. The normalized spacial score (nSPS) is 22.8. The Bertz CT molecular complexity index is 481. The van der Waals surface area contributed by atoms with Crippen LogP contribution in [0.4, 0.5) is 0 Å². The molecule has 1 aliphatic rings. The minimum Gasteiger partial charge on any atom is -0.487 e. The summed E-state index contributed by atoms with van der Waals surface area (Å²) in [7, 11) is 0. The van der Waals surface area contributed by atoms with Crippen LogP contribution in [-0.4, -0.2) is 25.1 Å². The first-order valence-corrected chi connectivity index (χ1v) is 7.88. The topological polar surface area (TPSA) is 64.4 Å². The van der Waals surface area contributed by atoms with Gasteiger partial charge in [0.25, 0.3) is 0 Å². The summed E-state index contributed by atoms with van der Waals surface area (Å²) >= 11 is 6.05. The minimum atomic E-state index is -0.133. The van der Waals surface area contributed by atoms with Crippen LogP contribution in [0.3, 0.4) is 0 Å². The molecule has 5 heteroatoms. The molecule has 1 fully saturated rings. The van der Waals surface area contributed by atoms with Gasteiger partial charge in [0.05, 0.1) is 11.6 Å². The fourth-order valence-corrected chi connectivity index (χ4v) is 3.02. The van der Waals surface area contributed by atoms with Crippen molar-refractivity contribution in [3.63, 3.8) is 0 Å². The molecule has 0 bridgehead atoms. The standard InChI is InChI=1S/C16H23ClN2O2/c1-11(21-15-8-3-2-7-14(15)17)10-19-16(20)13-6-4-5-12(13)9-18/h2-3,7-8,11-13H,4-6,9-10,18H2,1H3,(H,19,20)/t11?,12-,13-/m1/s1. The highest BCUT2D eigenvalue weighted by Crippen LogP contribution is 2.31. The Morgan fingerprint density at radius 3 is 2.95 bits per heavy atom. The van der Waals surface area contributed by atoms with Gasteiger partial charge in [-0.05, 0) is 44.4 Å². The van der Waals surface area contributed by atoms with Gasteiger partial charge in [0, 0.05) is 5.92 Å². The third-order valence-corrected chi connectivity index (χ3v) is 4.34. The molecule has 0 heterocycles. The van der Waals surface area contributed by atoms with Crippen LogP contribution in [0.25, 0.3) is 0 Å². The lowest BCUT2D eigenvalue weighted by Gasteiger charge is -2.20. The summed E-state index contributed by atoms with van der Waals surface area (Å²) in [6.07, 6.45) is 2.95. The third-order valence-electron chi connectivity index (χ3n) is 4.03. The van der Waals surface area contributed by atoms with Gasteiger partial charge in [-0.2, -0.15) is 0 Å². The fraction of sp³-hybridized carbons (Fsp3) is 0.562. The Morgan fingerprint density at radius 1 is 1.48 bits per heavy atom. The summed E-state index contributed by atoms with van der Waals surface area (Å²) in [6.45, 7) is 2.97. The van der Waals surface area contributed by atoms with Crippen molar-refractivity contribution >= 4 is 17.5 Å². The van der Waals surface area contributed by atoms with Crippen molar-refractivity contribution in [2.24, 2.45) is 17.6 Å². The molecule has 3 N–H and O–H groups in total. The molecule has 116 valence electrons. The zero-order valence-electron chi connectivity index (χ0n) is 12.3. The highest BCUT2D eigenvalue weighted by Gasteiger charge is 2.31. The predicted octanol–water partition coefficient (Wildman–Crippen LogP) is 2.60. The highest BCUT2D eigenvalue weighted by molar-refractivity contribution is 6.32. The molecule has 1 aromatic rings. The molecule has 2 rings (SSSR count). The fourth-order valence-electron chi connectivity index (χ4n) is 2.84. The van der Waals surface area contributed by atoms with Crippen LogP contribution >= 0.6 is 11.6 Å². The van der Waals surface area contributed by atoms with E-state index in [0.717, 1.165) is 19.3 Å². The summed E-state index contributed by atoms with van der Waals surface area (Å²) in [4.78, 5) is 12.2. The molecule has 0 aliphatic heterocycles. The highest BCUT2D eigenvalue weighted by atomic mass is 35.5. The van der Waals surface area contributed by atoms with E-state index >= 15 is 0 Å². The second-order valence-electron chi connectivity index (χ2n) is 5.64. The van der Waals surface area contributed by atoms with Crippen LogP contribution in [0, 0.1) is 11.8 Å². The Hall–Kier alpha value is -1.26. The molecule has 1 saturated carbocycles. The monoisotopic (exact) mass is 310 g/mol. The van der Waals surface area contributed by atoms with Gasteiger partial charge in [-0.25, -0.2) is 0 Å². The number of benzene rings is 1. The van der Waals surface area contributed by atoms with Crippen molar-refractivity contribution in [3.8, 4) is 5.75 Å². The van der Waals surface area contributed by atoms with Crippen molar-refractivity contribution in [3.05, 3.63) is 29.3 Å². The first-order chi connectivity index (χ1) is 10.1. The van der Waals surface area contributed by atoms with E-state index in [1.165, 1.54) is 0 Å². The molecular weight excluding hydrogens is 288 g/mol. The molecular formula is C16H23ClN2O2. The first-order valence-electron chi connectivity index (χ1n) is 7.50. The van der Waals surface area contributed by atoms with E-state index in [2.05, 4.69) is 5.32 Å². The Balaban J connectivity index is 1.80. The maximum atomic E-state index is 12.2. The summed E-state index contributed by atoms with van der Waals surface area (Å²) in [5, 5.41) is 3.54. The lowest BCUT2D eigenvalue weighted by Crippen LogP contribution is -2.39. The van der Waals surface area contributed by atoms with Crippen molar-refractivity contribution < 1.29 is 9.53 Å². The molecule has 1 aromatic carbocycles. The number of rotatable bonds is 6. The lowest BCUT2D eigenvalue weighted by atomic mass is 9.95. The van der Waals surface area contributed by atoms with Crippen LogP contribution < -0.4 is 15.8 Å². The minimum absolute atomic E-state index is 0.0579. The smallest absolute Gasteiger partial charge is 0.223 e. The maximum absolute atomic E-state index is 12.2. The number of carbonyl (C=O) groups excluding carboxylic acids is 1. The van der Waals surface area contributed by atoms with Crippen molar-refractivity contribution in [2.75, 3.05) is 13.1 Å². The van der Waals surface area contributed by atoms with E-state index in [-0.39, 0.29) is 17.9 Å². The maximum Gasteiger partial charge on any atom is 0.223 e. The number of para-hydroxylation sites is 1. The lowest BCUT2D eigenvalue weighted by molar-refractivity contribution is -0.126. The molecule has 0 radical (unpaired) electrons. The Labute approximate surface area is 131 Å². The molecule has 1 amide bonds. The van der Waals surface area contributed by atoms with Crippen LogP contribution in [0.2, 0.25) is 5.02 Å². The second kappa shape index (κ2) is 7.66. The summed E-state index contributed by atoms with van der Waals surface area (Å²) in [5.74, 6) is 1.12. The Morgan fingerprint density at radius 2 is 2.24 bits per heavy atom. The average Bonchev–Trinajstić information content (AvgIpc) is 2.96. The van der Waals surface area contributed by atoms with Gasteiger partial charge in [-0.1, -0.05) is 30.2 Å². The third kappa shape index (κ3) is 4.35. The van der Waals surface area contributed by atoms with Gasteiger partial charge in [0.15, 0.2) is 0 Å². The van der Waals surface area contributed by atoms with E-state index in [1.807, 2.05) is 25.1 Å². The molecule has 1 aliphatic carbocycles. The van der Waals surface area contributed by atoms with Gasteiger partial charge in [-0.15, -0.1) is 0 Å². The Kier molecular flexibility index (Phi) is 5.88. The van der Waals surface area contributed by atoms with E-state index in [4.69, 9.17) is 22.1 Å². The molecule has 3 atom stereocenters. The molecule has 4 nitrogen and oxygen atoms in total. The van der Waals surface area contributed by atoms with E-state index in [0.29, 0.717) is 29.8 Å². The number of hydrogen-bond acceptors (Lipinski definition) is 3. The van der Waals surface area contributed by atoms with Gasteiger partial charge >= 0.3 is 0 Å². The quantitative estimate of drug-likeness (QED) is 0.849. The number of amides is 1. The van der Waals surface area contributed by atoms with E-state index < -0.39 is 0 Å². The predicted molar refractivity (Wildman–Crippen MR) is 84.4 cm³/mol. The van der Waals surface area contributed by atoms with Gasteiger partial charge in [-0.3, -0.25) is 4.79 Å². The molecule has 1 unspecified atom stereocenters. The number of hydrogen-bond donors (Lipinski definition) is 2. The van der Waals surface area contributed by atoms with Gasteiger partial charge in [0.2, 0.25) is 5.91 Å². The zero-order valence-corrected chi connectivity index (χ0v) is 13.1. The average molecular weight is 311 g/mol.